The molecule has 2 heterocycles. The largest absolute Gasteiger partial charge is 0.457 e. The molecular weight excluding hydrogens is 387 g/mol. The minimum atomic E-state index is -4.75. The van der Waals surface area contributed by atoms with Crippen molar-refractivity contribution in [2.45, 2.75) is 11.8 Å². The summed E-state index contributed by atoms with van der Waals surface area (Å²) in [5.74, 6) is 0.913. The molecule has 4 rings (SSSR count). The van der Waals surface area contributed by atoms with Crippen molar-refractivity contribution in [2.24, 2.45) is 0 Å². The van der Waals surface area contributed by atoms with Gasteiger partial charge in [-0.05, 0) is 24.3 Å². The average molecular weight is 401 g/mol. The Labute approximate surface area is 163 Å². The van der Waals surface area contributed by atoms with E-state index in [0.717, 1.165) is 6.08 Å². The summed E-state index contributed by atoms with van der Waals surface area (Å²) in [4.78, 5) is 12.5. The fraction of sp³-hybridized carbons (Fsp3) is 0.100. The molecule has 0 bridgehead atoms. The lowest BCUT2D eigenvalue weighted by Gasteiger charge is -2.28. The number of aromatic nitrogens is 2. The van der Waals surface area contributed by atoms with Crippen molar-refractivity contribution in [3.63, 3.8) is 0 Å². The molecule has 148 valence electrons. The van der Waals surface area contributed by atoms with E-state index in [9.17, 15) is 13.2 Å². The van der Waals surface area contributed by atoms with Crippen LogP contribution in [0.5, 0.6) is 17.2 Å². The lowest BCUT2D eigenvalue weighted by atomic mass is 9.93. The SMILES string of the molecule is FC(F)(F)[C@]1(c2ccc(Oc3ccccc3)cc2)C=C(Oc2cncnc2)NO1. The van der Waals surface area contributed by atoms with E-state index >= 15 is 0 Å². The van der Waals surface area contributed by atoms with E-state index in [1.165, 1.54) is 43.0 Å². The Morgan fingerprint density at radius 1 is 0.828 bits per heavy atom. The van der Waals surface area contributed by atoms with Gasteiger partial charge in [-0.15, -0.1) is 0 Å². The Morgan fingerprint density at radius 3 is 2.14 bits per heavy atom. The van der Waals surface area contributed by atoms with Crippen molar-refractivity contribution in [3.05, 3.63) is 90.8 Å². The number of nitrogens with one attached hydrogen (secondary N) is 1. The van der Waals surface area contributed by atoms with E-state index in [2.05, 4.69) is 15.4 Å². The number of ether oxygens (including phenoxy) is 2. The highest BCUT2D eigenvalue weighted by Gasteiger charge is 2.60. The molecule has 3 aromatic rings. The van der Waals surface area contributed by atoms with Gasteiger partial charge in [-0.25, -0.2) is 20.3 Å². The van der Waals surface area contributed by atoms with Crippen molar-refractivity contribution < 1.29 is 27.5 Å². The van der Waals surface area contributed by atoms with Crippen molar-refractivity contribution in [3.8, 4) is 17.2 Å². The molecule has 2 aromatic carbocycles. The molecular formula is C20H14F3N3O3. The van der Waals surface area contributed by atoms with Crippen LogP contribution in [0.4, 0.5) is 13.2 Å². The number of hydrogen-bond acceptors (Lipinski definition) is 6. The number of hydroxylamine groups is 1. The highest BCUT2D eigenvalue weighted by atomic mass is 19.4. The predicted octanol–water partition coefficient (Wildman–Crippen LogP) is 4.48. The van der Waals surface area contributed by atoms with Crippen LogP contribution < -0.4 is 15.0 Å². The summed E-state index contributed by atoms with van der Waals surface area (Å²) < 4.78 is 52.8. The standard InChI is InChI=1S/C20H14F3N3O3/c21-20(22,23)19(10-18(26-29-19)28-17-11-24-13-25-12-17)14-6-8-16(9-7-14)27-15-4-2-1-3-5-15/h1-13,26H/t19-/m1/s1. The van der Waals surface area contributed by atoms with Gasteiger partial charge in [0.25, 0.3) is 0 Å². The molecule has 0 saturated carbocycles. The van der Waals surface area contributed by atoms with Crippen LogP contribution in [-0.4, -0.2) is 16.1 Å². The van der Waals surface area contributed by atoms with E-state index in [1.807, 2.05) is 6.07 Å². The first kappa shape index (κ1) is 18.8. The van der Waals surface area contributed by atoms with Crippen molar-refractivity contribution in [1.82, 2.24) is 15.4 Å². The summed E-state index contributed by atoms with van der Waals surface area (Å²) in [7, 11) is 0. The topological polar surface area (TPSA) is 65.5 Å². The van der Waals surface area contributed by atoms with Crippen molar-refractivity contribution in [1.29, 1.82) is 0 Å². The first-order valence-electron chi connectivity index (χ1n) is 8.46. The maximum absolute atomic E-state index is 13.9. The number of alkyl halides is 3. The number of rotatable bonds is 5. The molecule has 1 aliphatic rings. The van der Waals surface area contributed by atoms with E-state index in [0.29, 0.717) is 11.5 Å². The van der Waals surface area contributed by atoms with Crippen LogP contribution in [0.15, 0.2) is 85.3 Å². The first-order chi connectivity index (χ1) is 14.0. The lowest BCUT2D eigenvalue weighted by molar-refractivity contribution is -0.270. The van der Waals surface area contributed by atoms with E-state index in [-0.39, 0.29) is 17.2 Å². The zero-order valence-electron chi connectivity index (χ0n) is 14.8. The van der Waals surface area contributed by atoms with Gasteiger partial charge in [-0.1, -0.05) is 30.3 Å². The molecule has 0 spiro atoms. The number of benzene rings is 2. The van der Waals surface area contributed by atoms with Gasteiger partial charge in [-0.2, -0.15) is 13.2 Å². The second-order valence-corrected chi connectivity index (χ2v) is 6.06. The van der Waals surface area contributed by atoms with Crippen LogP contribution in [0, 0.1) is 0 Å². The van der Waals surface area contributed by atoms with Gasteiger partial charge in [0, 0.05) is 11.6 Å². The van der Waals surface area contributed by atoms with E-state index in [1.54, 1.807) is 24.3 Å². The Balaban J connectivity index is 1.60. The van der Waals surface area contributed by atoms with Gasteiger partial charge in [0.05, 0.1) is 12.4 Å². The molecule has 0 radical (unpaired) electrons. The van der Waals surface area contributed by atoms with Gasteiger partial charge < -0.3 is 9.47 Å². The molecule has 1 aromatic heterocycles. The molecule has 0 amide bonds. The summed E-state index contributed by atoms with van der Waals surface area (Å²) in [5.41, 5.74) is -0.670. The zero-order chi connectivity index (χ0) is 20.3. The Hall–Kier alpha value is -3.59. The molecule has 9 heteroatoms. The van der Waals surface area contributed by atoms with Crippen LogP contribution in [0.25, 0.3) is 0 Å². The third kappa shape index (κ3) is 3.85. The van der Waals surface area contributed by atoms with E-state index in [4.69, 9.17) is 14.3 Å². The quantitative estimate of drug-likeness (QED) is 0.680. The monoisotopic (exact) mass is 401 g/mol. The maximum atomic E-state index is 13.9. The van der Waals surface area contributed by atoms with Gasteiger partial charge in [0.15, 0.2) is 5.75 Å². The van der Waals surface area contributed by atoms with Gasteiger partial charge in [0.1, 0.15) is 17.8 Å². The second kappa shape index (κ2) is 7.44. The summed E-state index contributed by atoms with van der Waals surface area (Å²) in [6, 6.07) is 14.4. The molecule has 6 nitrogen and oxygen atoms in total. The van der Waals surface area contributed by atoms with Crippen LogP contribution >= 0.6 is 0 Å². The highest BCUT2D eigenvalue weighted by Crippen LogP contribution is 2.46. The third-order valence-corrected chi connectivity index (χ3v) is 4.09. The maximum Gasteiger partial charge on any atom is 0.428 e. The fourth-order valence-electron chi connectivity index (χ4n) is 2.73. The molecule has 0 fully saturated rings. The summed E-state index contributed by atoms with van der Waals surface area (Å²) in [6.07, 6.45) is -0.0102. The lowest BCUT2D eigenvalue weighted by Crippen LogP contribution is -2.42. The zero-order valence-corrected chi connectivity index (χ0v) is 14.8. The molecule has 29 heavy (non-hydrogen) atoms. The van der Waals surface area contributed by atoms with Gasteiger partial charge in [0.2, 0.25) is 11.5 Å². The molecule has 0 unspecified atom stereocenters. The minimum Gasteiger partial charge on any atom is -0.457 e. The number of halogens is 3. The van der Waals surface area contributed by atoms with Crippen molar-refractivity contribution in [2.75, 3.05) is 0 Å². The van der Waals surface area contributed by atoms with Crippen LogP contribution in [0.1, 0.15) is 5.56 Å². The van der Waals surface area contributed by atoms with Gasteiger partial charge in [-0.3, -0.25) is 0 Å². The molecule has 1 N–H and O–H groups in total. The Morgan fingerprint density at radius 2 is 1.48 bits per heavy atom. The van der Waals surface area contributed by atoms with E-state index < -0.39 is 11.8 Å². The fourth-order valence-corrected chi connectivity index (χ4v) is 2.73. The summed E-state index contributed by atoms with van der Waals surface area (Å²) >= 11 is 0. The van der Waals surface area contributed by atoms with Crippen LogP contribution in [-0.2, 0) is 10.4 Å². The molecule has 0 aliphatic carbocycles. The number of nitrogens with zero attached hydrogens (tertiary/aromatic N) is 2. The second-order valence-electron chi connectivity index (χ2n) is 6.06. The number of para-hydroxylation sites is 1. The smallest absolute Gasteiger partial charge is 0.428 e. The molecule has 1 aliphatic heterocycles. The Kier molecular flexibility index (Phi) is 4.81. The van der Waals surface area contributed by atoms with Crippen molar-refractivity contribution >= 4 is 0 Å². The Bertz CT molecular complexity index is 996. The average Bonchev–Trinajstić information content (AvgIpc) is 3.15. The number of hydrogen-bond donors (Lipinski definition) is 1. The van der Waals surface area contributed by atoms with Crippen LogP contribution in [0.2, 0.25) is 0 Å². The highest BCUT2D eigenvalue weighted by molar-refractivity contribution is 5.39. The minimum absolute atomic E-state index is 0.138. The normalized spacial score (nSPS) is 18.7. The first-order valence-corrected chi connectivity index (χ1v) is 8.46. The van der Waals surface area contributed by atoms with Gasteiger partial charge >= 0.3 is 6.18 Å². The predicted molar refractivity (Wildman–Crippen MR) is 95.7 cm³/mol. The summed E-state index contributed by atoms with van der Waals surface area (Å²) in [6.45, 7) is 0. The molecule has 0 saturated heterocycles. The van der Waals surface area contributed by atoms with Crippen LogP contribution in [0.3, 0.4) is 0 Å². The third-order valence-electron chi connectivity index (χ3n) is 4.09. The summed E-state index contributed by atoms with van der Waals surface area (Å²) in [5, 5.41) is 0. The molecule has 1 atom stereocenters.